The number of sulfonamides is 1. The van der Waals surface area contributed by atoms with Crippen LogP contribution in [0.5, 0.6) is 0 Å². The molecule has 0 aromatic heterocycles. The maximum atomic E-state index is 12.6. The van der Waals surface area contributed by atoms with Crippen LogP contribution in [0.4, 0.5) is 0 Å². The second-order valence-electron chi connectivity index (χ2n) is 6.61. The van der Waals surface area contributed by atoms with E-state index >= 15 is 0 Å². The second kappa shape index (κ2) is 7.87. The van der Waals surface area contributed by atoms with Gasteiger partial charge >= 0.3 is 0 Å². The summed E-state index contributed by atoms with van der Waals surface area (Å²) >= 11 is 5.83. The summed E-state index contributed by atoms with van der Waals surface area (Å²) in [6, 6.07) is 15.4. The van der Waals surface area contributed by atoms with E-state index in [0.717, 1.165) is 5.56 Å². The van der Waals surface area contributed by atoms with Crippen molar-refractivity contribution in [3.05, 3.63) is 65.2 Å². The summed E-state index contributed by atoms with van der Waals surface area (Å²) in [5, 5.41) is 0.482. The van der Waals surface area contributed by atoms with Gasteiger partial charge < -0.3 is 14.2 Å². The van der Waals surface area contributed by atoms with Crippen LogP contribution in [0.3, 0.4) is 0 Å². The first kappa shape index (κ1) is 18.9. The summed E-state index contributed by atoms with van der Waals surface area (Å²) in [4.78, 5) is 0.158. The highest BCUT2D eigenvalue weighted by atomic mass is 35.5. The molecule has 0 saturated carbocycles. The van der Waals surface area contributed by atoms with Gasteiger partial charge in [-0.25, -0.2) is 13.1 Å². The topological polar surface area (TPSA) is 73.9 Å². The van der Waals surface area contributed by atoms with E-state index in [2.05, 4.69) is 4.72 Å². The number of fused-ring (bicyclic) bond motifs is 1. The lowest BCUT2D eigenvalue weighted by Gasteiger charge is -2.18. The van der Waals surface area contributed by atoms with E-state index in [0.29, 0.717) is 18.2 Å². The average Bonchev–Trinajstić information content (AvgIpc) is 3.24. The van der Waals surface area contributed by atoms with E-state index in [9.17, 15) is 8.42 Å². The number of ether oxygens (including phenoxy) is 3. The van der Waals surface area contributed by atoms with Crippen LogP contribution in [0.15, 0.2) is 59.5 Å². The smallest absolute Gasteiger partial charge is 0.240 e. The number of nitrogens with one attached hydrogen (secondary N) is 1. The third-order valence-electron chi connectivity index (χ3n) is 4.75. The summed E-state index contributed by atoms with van der Waals surface area (Å²) in [5.41, 5.74) is 1.07. The van der Waals surface area contributed by atoms with E-state index in [1.807, 2.05) is 30.3 Å². The first-order valence-corrected chi connectivity index (χ1v) is 10.6. The van der Waals surface area contributed by atoms with Gasteiger partial charge in [-0.2, -0.15) is 0 Å². The average molecular weight is 410 g/mol. The van der Waals surface area contributed by atoms with E-state index in [1.165, 1.54) is 12.1 Å². The minimum Gasteiger partial charge on any atom is -0.371 e. The van der Waals surface area contributed by atoms with Crippen molar-refractivity contribution in [1.82, 2.24) is 4.72 Å². The Morgan fingerprint density at radius 2 is 1.70 bits per heavy atom. The Kier molecular flexibility index (Phi) is 5.50. The second-order valence-corrected chi connectivity index (χ2v) is 8.76. The van der Waals surface area contributed by atoms with Crippen molar-refractivity contribution < 1.29 is 22.6 Å². The molecule has 0 bridgehead atoms. The maximum absolute atomic E-state index is 12.6. The molecule has 8 heteroatoms. The van der Waals surface area contributed by atoms with Crippen molar-refractivity contribution in [1.29, 1.82) is 0 Å². The fourth-order valence-corrected chi connectivity index (χ4v) is 4.72. The Bertz CT molecular complexity index is 875. The fourth-order valence-electron chi connectivity index (χ4n) is 3.37. The summed E-state index contributed by atoms with van der Waals surface area (Å²) in [7, 11) is -3.68. The van der Waals surface area contributed by atoms with Crippen LogP contribution in [0.25, 0.3) is 0 Å². The highest BCUT2D eigenvalue weighted by Gasteiger charge is 2.49. The van der Waals surface area contributed by atoms with Gasteiger partial charge in [-0.1, -0.05) is 41.9 Å². The molecule has 2 aromatic rings. The molecule has 2 aliphatic rings. The largest absolute Gasteiger partial charge is 0.371 e. The van der Waals surface area contributed by atoms with Crippen LogP contribution < -0.4 is 4.72 Å². The Balaban J connectivity index is 1.38. The van der Waals surface area contributed by atoms with Crippen molar-refractivity contribution in [2.45, 2.75) is 35.9 Å². The molecule has 0 aliphatic carbocycles. The molecule has 2 saturated heterocycles. The quantitative estimate of drug-likeness (QED) is 0.792. The SMILES string of the molecule is O=S(=O)(NC1COC2C(OCc3ccccc3)COC12)c1ccc(Cl)cc1. The summed E-state index contributed by atoms with van der Waals surface area (Å²) in [6.45, 7) is 1.08. The molecule has 144 valence electrons. The lowest BCUT2D eigenvalue weighted by Crippen LogP contribution is -2.44. The van der Waals surface area contributed by atoms with Crippen molar-refractivity contribution in [3.63, 3.8) is 0 Å². The summed E-state index contributed by atoms with van der Waals surface area (Å²) < 4.78 is 45.4. The minimum absolute atomic E-state index is 0.158. The predicted octanol–water partition coefficient (Wildman–Crippen LogP) is 2.37. The van der Waals surface area contributed by atoms with Crippen molar-refractivity contribution in [2.24, 2.45) is 0 Å². The highest BCUT2D eigenvalue weighted by molar-refractivity contribution is 7.89. The van der Waals surface area contributed by atoms with Crippen LogP contribution in [0.1, 0.15) is 5.56 Å². The standard InChI is InChI=1S/C19H20ClNO5S/c20-14-6-8-15(9-7-14)27(22,23)21-16-11-25-19-17(12-26-18(16)19)24-10-13-4-2-1-3-5-13/h1-9,16-19,21H,10-12H2. The molecule has 2 aliphatic heterocycles. The van der Waals surface area contributed by atoms with Gasteiger partial charge in [0.15, 0.2) is 0 Å². The lowest BCUT2D eigenvalue weighted by atomic mass is 10.1. The van der Waals surface area contributed by atoms with Crippen LogP contribution >= 0.6 is 11.6 Å². The third-order valence-corrected chi connectivity index (χ3v) is 6.50. The molecule has 0 radical (unpaired) electrons. The summed E-state index contributed by atoms with van der Waals surface area (Å²) in [5.74, 6) is 0. The van der Waals surface area contributed by atoms with Crippen LogP contribution in [0, 0.1) is 0 Å². The Morgan fingerprint density at radius 3 is 2.44 bits per heavy atom. The molecule has 2 aromatic carbocycles. The number of halogens is 1. The first-order chi connectivity index (χ1) is 13.0. The molecule has 2 heterocycles. The Hall–Kier alpha value is -1.48. The molecule has 4 unspecified atom stereocenters. The number of hydrogen-bond acceptors (Lipinski definition) is 5. The Labute approximate surface area is 163 Å². The number of benzene rings is 2. The first-order valence-electron chi connectivity index (χ1n) is 8.69. The van der Waals surface area contributed by atoms with Crippen LogP contribution in [-0.4, -0.2) is 46.0 Å². The van der Waals surface area contributed by atoms with Gasteiger partial charge in [-0.05, 0) is 29.8 Å². The number of hydrogen-bond donors (Lipinski definition) is 1. The van der Waals surface area contributed by atoms with Gasteiger partial charge in [0, 0.05) is 5.02 Å². The third kappa shape index (κ3) is 4.18. The van der Waals surface area contributed by atoms with Gasteiger partial charge in [0.1, 0.15) is 18.3 Å². The molecule has 4 rings (SSSR count). The summed E-state index contributed by atoms with van der Waals surface area (Å²) in [6.07, 6.45) is -0.875. The molecule has 4 atom stereocenters. The predicted molar refractivity (Wildman–Crippen MR) is 100 cm³/mol. The molecule has 27 heavy (non-hydrogen) atoms. The van der Waals surface area contributed by atoms with Gasteiger partial charge in [0.25, 0.3) is 0 Å². The number of rotatable bonds is 6. The van der Waals surface area contributed by atoms with Crippen LogP contribution in [-0.2, 0) is 30.8 Å². The zero-order valence-electron chi connectivity index (χ0n) is 14.5. The zero-order chi connectivity index (χ0) is 18.9. The van der Waals surface area contributed by atoms with Gasteiger partial charge in [-0.15, -0.1) is 0 Å². The van der Waals surface area contributed by atoms with Crippen molar-refractivity contribution >= 4 is 21.6 Å². The van der Waals surface area contributed by atoms with Crippen molar-refractivity contribution in [3.8, 4) is 0 Å². The fraction of sp³-hybridized carbons (Fsp3) is 0.368. The highest BCUT2D eigenvalue weighted by Crippen LogP contribution is 2.30. The zero-order valence-corrected chi connectivity index (χ0v) is 16.0. The molecule has 1 N–H and O–H groups in total. The normalized spacial score (nSPS) is 27.6. The molecule has 2 fully saturated rings. The van der Waals surface area contributed by atoms with E-state index in [-0.39, 0.29) is 29.8 Å². The Morgan fingerprint density at radius 1 is 1.00 bits per heavy atom. The monoisotopic (exact) mass is 409 g/mol. The van der Waals surface area contributed by atoms with Crippen molar-refractivity contribution in [2.75, 3.05) is 13.2 Å². The van der Waals surface area contributed by atoms with E-state index < -0.39 is 16.1 Å². The molecular formula is C19H20ClNO5S. The van der Waals surface area contributed by atoms with E-state index in [1.54, 1.807) is 12.1 Å². The van der Waals surface area contributed by atoms with Gasteiger partial charge in [0.05, 0.1) is 30.8 Å². The van der Waals surface area contributed by atoms with Gasteiger partial charge in [0.2, 0.25) is 10.0 Å². The van der Waals surface area contributed by atoms with E-state index in [4.69, 9.17) is 25.8 Å². The minimum atomic E-state index is -3.68. The van der Waals surface area contributed by atoms with Crippen LogP contribution in [0.2, 0.25) is 5.02 Å². The molecule has 6 nitrogen and oxygen atoms in total. The molecule has 0 amide bonds. The van der Waals surface area contributed by atoms with Gasteiger partial charge in [-0.3, -0.25) is 0 Å². The molecule has 0 spiro atoms. The maximum Gasteiger partial charge on any atom is 0.240 e. The lowest BCUT2D eigenvalue weighted by molar-refractivity contribution is -0.0391. The molecular weight excluding hydrogens is 390 g/mol.